The molecule has 29 heavy (non-hydrogen) atoms. The van der Waals surface area contributed by atoms with Crippen LogP contribution in [0, 0.1) is 0 Å². The van der Waals surface area contributed by atoms with Crippen molar-refractivity contribution in [2.45, 2.75) is 70.5 Å². The maximum Gasteiger partial charge on any atom is 0.275 e. The fourth-order valence-electron chi connectivity index (χ4n) is 4.43. The second kappa shape index (κ2) is 8.56. The topological polar surface area (TPSA) is 67.2 Å². The summed E-state index contributed by atoms with van der Waals surface area (Å²) in [6, 6.07) is 6.46. The van der Waals surface area contributed by atoms with Crippen LogP contribution in [-0.2, 0) is 11.3 Å². The Bertz CT molecular complexity index is 967. The highest BCUT2D eigenvalue weighted by Crippen LogP contribution is 2.27. The molecule has 2 heterocycles. The molecule has 0 spiro atoms. The molecular weight excluding hydrogens is 432 g/mol. The van der Waals surface area contributed by atoms with Crippen molar-refractivity contribution in [1.29, 1.82) is 0 Å². The molecule has 1 amide bonds. The normalized spacial score (nSPS) is 20.8. The standard InChI is InChI=1S/C22H29BrN4O2/c1-14(2)21-19-11-15(23)8-9-18(19)22(29)27(25-21)13-20(28)24-16-5-4-10-26(12-16)17-6-3-7-17/h8-9,11,14,16-17H,3-7,10,12-13H2,1-2H3,(H,24,28)/t16-/m1/s1. The average molecular weight is 461 g/mol. The summed E-state index contributed by atoms with van der Waals surface area (Å²) in [5.41, 5.74) is 0.620. The van der Waals surface area contributed by atoms with Crippen molar-refractivity contribution < 1.29 is 4.79 Å². The molecule has 2 aromatic rings. The SMILES string of the molecule is CC(C)c1nn(CC(=O)N[C@@H]2CCCN(C3CCC3)C2)c(=O)c2ccc(Br)cc12. The Balaban J connectivity index is 1.51. The second-order valence-corrected chi connectivity index (χ2v) is 9.59. The van der Waals surface area contributed by atoms with Gasteiger partial charge < -0.3 is 5.32 Å². The number of fused-ring (bicyclic) bond motifs is 1. The van der Waals surface area contributed by atoms with Crippen LogP contribution in [-0.4, -0.2) is 45.8 Å². The van der Waals surface area contributed by atoms with Crippen LogP contribution in [0.1, 0.15) is 57.6 Å². The maximum atomic E-state index is 12.9. The van der Waals surface area contributed by atoms with Gasteiger partial charge in [0.15, 0.2) is 0 Å². The van der Waals surface area contributed by atoms with E-state index in [1.807, 2.05) is 12.1 Å². The number of carbonyl (C=O) groups excluding carboxylic acids is 1. The number of hydrogen-bond donors (Lipinski definition) is 1. The summed E-state index contributed by atoms with van der Waals surface area (Å²) in [7, 11) is 0. The van der Waals surface area contributed by atoms with Gasteiger partial charge in [0.1, 0.15) is 6.54 Å². The fraction of sp³-hybridized carbons (Fsp3) is 0.591. The summed E-state index contributed by atoms with van der Waals surface area (Å²) >= 11 is 3.47. The molecule has 1 atom stereocenters. The zero-order chi connectivity index (χ0) is 20.5. The van der Waals surface area contributed by atoms with Crippen molar-refractivity contribution in [1.82, 2.24) is 20.0 Å². The molecule has 0 radical (unpaired) electrons. The summed E-state index contributed by atoms with van der Waals surface area (Å²) in [4.78, 5) is 28.2. The minimum Gasteiger partial charge on any atom is -0.350 e. The van der Waals surface area contributed by atoms with Crippen LogP contribution in [0.2, 0.25) is 0 Å². The van der Waals surface area contributed by atoms with Crippen molar-refractivity contribution in [3.63, 3.8) is 0 Å². The lowest BCUT2D eigenvalue weighted by Gasteiger charge is -2.42. The van der Waals surface area contributed by atoms with E-state index in [0.717, 1.165) is 41.5 Å². The monoisotopic (exact) mass is 460 g/mol. The molecule has 2 fully saturated rings. The Hall–Kier alpha value is -1.73. The second-order valence-electron chi connectivity index (χ2n) is 8.68. The van der Waals surface area contributed by atoms with Crippen molar-refractivity contribution in [2.24, 2.45) is 0 Å². The molecule has 4 rings (SSSR count). The van der Waals surface area contributed by atoms with Gasteiger partial charge in [-0.15, -0.1) is 0 Å². The first kappa shape index (κ1) is 20.5. The number of rotatable bonds is 5. The van der Waals surface area contributed by atoms with Gasteiger partial charge >= 0.3 is 0 Å². The van der Waals surface area contributed by atoms with Gasteiger partial charge in [-0.25, -0.2) is 4.68 Å². The van der Waals surface area contributed by atoms with Crippen LogP contribution in [0.25, 0.3) is 10.8 Å². The zero-order valence-electron chi connectivity index (χ0n) is 17.2. The Kier molecular flexibility index (Phi) is 6.06. The van der Waals surface area contributed by atoms with Gasteiger partial charge in [0.2, 0.25) is 5.91 Å². The number of aromatic nitrogens is 2. The third-order valence-electron chi connectivity index (χ3n) is 6.20. The molecule has 1 aliphatic carbocycles. The van der Waals surface area contributed by atoms with Crippen LogP contribution in [0.4, 0.5) is 0 Å². The first-order valence-electron chi connectivity index (χ1n) is 10.7. The van der Waals surface area contributed by atoms with Crippen molar-refractivity contribution >= 4 is 32.6 Å². The minimum atomic E-state index is -0.216. The molecule has 1 saturated heterocycles. The van der Waals surface area contributed by atoms with E-state index in [9.17, 15) is 9.59 Å². The number of carbonyl (C=O) groups is 1. The van der Waals surface area contributed by atoms with Crippen molar-refractivity contribution in [2.75, 3.05) is 13.1 Å². The van der Waals surface area contributed by atoms with E-state index in [-0.39, 0.29) is 30.0 Å². The Morgan fingerprint density at radius 3 is 2.72 bits per heavy atom. The van der Waals surface area contributed by atoms with E-state index in [1.165, 1.54) is 23.9 Å². The summed E-state index contributed by atoms with van der Waals surface area (Å²) in [5, 5.41) is 9.15. The van der Waals surface area contributed by atoms with Crippen LogP contribution in [0.15, 0.2) is 27.5 Å². The van der Waals surface area contributed by atoms with Gasteiger partial charge in [0, 0.05) is 28.5 Å². The first-order valence-corrected chi connectivity index (χ1v) is 11.5. The molecule has 1 aromatic carbocycles. The van der Waals surface area contributed by atoms with Gasteiger partial charge in [-0.1, -0.05) is 36.2 Å². The predicted octanol–water partition coefficient (Wildman–Crippen LogP) is 3.42. The molecule has 2 aliphatic rings. The van der Waals surface area contributed by atoms with E-state index >= 15 is 0 Å². The Morgan fingerprint density at radius 2 is 2.03 bits per heavy atom. The summed E-state index contributed by atoms with van der Waals surface area (Å²) in [6.45, 7) is 6.12. The maximum absolute atomic E-state index is 12.9. The van der Waals surface area contributed by atoms with E-state index < -0.39 is 0 Å². The zero-order valence-corrected chi connectivity index (χ0v) is 18.7. The number of nitrogens with one attached hydrogen (secondary N) is 1. The van der Waals surface area contributed by atoms with Crippen LogP contribution >= 0.6 is 15.9 Å². The van der Waals surface area contributed by atoms with E-state index in [0.29, 0.717) is 11.4 Å². The molecule has 1 saturated carbocycles. The quantitative estimate of drug-likeness (QED) is 0.741. The lowest BCUT2D eigenvalue weighted by molar-refractivity contribution is -0.123. The van der Waals surface area contributed by atoms with Crippen molar-refractivity contribution in [3.05, 3.63) is 38.7 Å². The van der Waals surface area contributed by atoms with Gasteiger partial charge in [0.05, 0.1) is 11.1 Å². The highest BCUT2D eigenvalue weighted by Gasteiger charge is 2.30. The fourth-order valence-corrected chi connectivity index (χ4v) is 4.80. The Labute approximate surface area is 179 Å². The number of nitrogens with zero attached hydrogens (tertiary/aromatic N) is 3. The lowest BCUT2D eigenvalue weighted by atomic mass is 9.89. The number of piperidine rings is 1. The molecule has 7 heteroatoms. The molecule has 1 aliphatic heterocycles. The number of amides is 1. The highest BCUT2D eigenvalue weighted by atomic mass is 79.9. The smallest absolute Gasteiger partial charge is 0.275 e. The van der Waals surface area contributed by atoms with E-state index in [1.54, 1.807) is 6.07 Å². The number of benzene rings is 1. The summed E-state index contributed by atoms with van der Waals surface area (Å²) in [5.74, 6) is 0.0160. The molecule has 6 nitrogen and oxygen atoms in total. The minimum absolute atomic E-state index is 0.0372. The number of likely N-dealkylation sites (tertiary alicyclic amines) is 1. The van der Waals surface area contributed by atoms with E-state index in [2.05, 4.69) is 45.1 Å². The number of halogens is 1. The third-order valence-corrected chi connectivity index (χ3v) is 6.69. The molecular formula is C22H29BrN4O2. The van der Waals surface area contributed by atoms with Crippen molar-refractivity contribution in [3.8, 4) is 0 Å². The lowest BCUT2D eigenvalue weighted by Crippen LogP contribution is -2.53. The number of hydrogen-bond acceptors (Lipinski definition) is 4. The van der Waals surface area contributed by atoms with Crippen LogP contribution in [0.3, 0.4) is 0 Å². The molecule has 0 bridgehead atoms. The van der Waals surface area contributed by atoms with Crippen LogP contribution in [0.5, 0.6) is 0 Å². The first-order chi connectivity index (χ1) is 13.9. The summed E-state index contributed by atoms with van der Waals surface area (Å²) in [6.07, 6.45) is 6.00. The van der Waals surface area contributed by atoms with E-state index in [4.69, 9.17) is 0 Å². The molecule has 156 valence electrons. The molecule has 1 N–H and O–H groups in total. The highest BCUT2D eigenvalue weighted by molar-refractivity contribution is 9.10. The summed E-state index contributed by atoms with van der Waals surface area (Å²) < 4.78 is 2.24. The third kappa shape index (κ3) is 4.40. The van der Waals surface area contributed by atoms with Gasteiger partial charge in [0.25, 0.3) is 5.56 Å². The molecule has 1 aromatic heterocycles. The average Bonchev–Trinajstić information content (AvgIpc) is 2.62. The predicted molar refractivity (Wildman–Crippen MR) is 118 cm³/mol. The largest absolute Gasteiger partial charge is 0.350 e. The van der Waals surface area contributed by atoms with Gasteiger partial charge in [-0.3, -0.25) is 14.5 Å². The Morgan fingerprint density at radius 1 is 1.24 bits per heavy atom. The molecule has 0 unspecified atom stereocenters. The van der Waals surface area contributed by atoms with Crippen LogP contribution < -0.4 is 10.9 Å². The van der Waals surface area contributed by atoms with Gasteiger partial charge in [-0.2, -0.15) is 5.10 Å². The van der Waals surface area contributed by atoms with Gasteiger partial charge in [-0.05, 0) is 56.3 Å².